The first kappa shape index (κ1) is 14.5. The Bertz CT molecular complexity index is 639. The van der Waals surface area contributed by atoms with Gasteiger partial charge in [0, 0.05) is 19.0 Å². The van der Waals surface area contributed by atoms with E-state index in [2.05, 4.69) is 0 Å². The van der Waals surface area contributed by atoms with Crippen molar-refractivity contribution in [1.82, 2.24) is 4.90 Å². The number of benzene rings is 1. The number of fused-ring (bicyclic) bond motifs is 2. The Kier molecular flexibility index (Phi) is 3.75. The molecule has 2 fully saturated rings. The van der Waals surface area contributed by atoms with Crippen molar-refractivity contribution in [2.45, 2.75) is 43.0 Å². The molecule has 1 saturated carbocycles. The van der Waals surface area contributed by atoms with Crippen molar-refractivity contribution in [1.29, 1.82) is 0 Å². The molecule has 0 radical (unpaired) electrons. The number of aryl methyl sites for hydroxylation is 1. The van der Waals surface area contributed by atoms with Crippen molar-refractivity contribution in [3.05, 3.63) is 29.8 Å². The van der Waals surface area contributed by atoms with Crippen molar-refractivity contribution < 1.29 is 13.2 Å². The van der Waals surface area contributed by atoms with Gasteiger partial charge in [0.05, 0.1) is 4.90 Å². The summed E-state index contributed by atoms with van der Waals surface area (Å²) in [5.74, 6) is 0.936. The van der Waals surface area contributed by atoms with Gasteiger partial charge < -0.3 is 4.90 Å². The number of amides is 1. The maximum atomic E-state index is 12.2. The van der Waals surface area contributed by atoms with Gasteiger partial charge in [0.15, 0.2) is 0 Å². The minimum Gasteiger partial charge on any atom is -0.339 e. The largest absolute Gasteiger partial charge is 0.339 e. The van der Waals surface area contributed by atoms with Gasteiger partial charge in [-0.05, 0) is 49.3 Å². The average molecular weight is 308 g/mol. The molecule has 1 saturated heterocycles. The number of piperidine rings is 1. The van der Waals surface area contributed by atoms with E-state index in [1.165, 1.54) is 25.0 Å². The van der Waals surface area contributed by atoms with Crippen LogP contribution >= 0.6 is 0 Å². The predicted molar refractivity (Wildman–Crippen MR) is 79.0 cm³/mol. The predicted octanol–water partition coefficient (Wildman–Crippen LogP) is 1.28. The number of likely N-dealkylation sites (tertiary alicyclic amines) is 1. The normalized spacial score (nSPS) is 24.5. The highest BCUT2D eigenvalue weighted by Crippen LogP contribution is 2.37. The van der Waals surface area contributed by atoms with Crippen LogP contribution in [0.5, 0.6) is 0 Å². The molecule has 21 heavy (non-hydrogen) atoms. The van der Waals surface area contributed by atoms with Crippen molar-refractivity contribution in [2.24, 2.45) is 11.1 Å². The fraction of sp³-hybridized carbons (Fsp3) is 0.533. The molecule has 0 aromatic heterocycles. The number of sulfonamides is 1. The molecular weight excluding hydrogens is 288 g/mol. The maximum absolute atomic E-state index is 12.2. The Morgan fingerprint density at radius 1 is 1.24 bits per heavy atom. The third-order valence-corrected chi connectivity index (χ3v) is 5.54. The molecule has 2 bridgehead atoms. The van der Waals surface area contributed by atoms with Gasteiger partial charge in [-0.25, -0.2) is 13.6 Å². The van der Waals surface area contributed by atoms with Gasteiger partial charge >= 0.3 is 0 Å². The van der Waals surface area contributed by atoms with E-state index in [1.54, 1.807) is 12.1 Å². The fourth-order valence-electron chi connectivity index (χ4n) is 3.47. The monoisotopic (exact) mass is 308 g/mol. The molecule has 2 N–H and O–H groups in total. The fourth-order valence-corrected chi connectivity index (χ4v) is 3.99. The zero-order valence-electron chi connectivity index (χ0n) is 11.9. The van der Waals surface area contributed by atoms with Gasteiger partial charge in [0.2, 0.25) is 15.9 Å². The molecular formula is C15H20N2O3S. The lowest BCUT2D eigenvalue weighted by atomic mass is 10.1. The highest BCUT2D eigenvalue weighted by Gasteiger charge is 2.39. The molecule has 2 atom stereocenters. The Labute approximate surface area is 125 Å². The Morgan fingerprint density at radius 3 is 2.48 bits per heavy atom. The number of primary sulfonamides is 1. The van der Waals surface area contributed by atoms with Crippen LogP contribution in [0.25, 0.3) is 0 Å². The summed E-state index contributed by atoms with van der Waals surface area (Å²) in [6.45, 7) is 0.924. The lowest BCUT2D eigenvalue weighted by molar-refractivity contribution is -0.132. The maximum Gasteiger partial charge on any atom is 0.238 e. The van der Waals surface area contributed by atoms with Crippen molar-refractivity contribution in [2.75, 3.05) is 6.54 Å². The highest BCUT2D eigenvalue weighted by atomic mass is 32.2. The molecule has 3 rings (SSSR count). The molecule has 2 unspecified atom stereocenters. The molecule has 1 aliphatic heterocycles. The van der Waals surface area contributed by atoms with E-state index in [9.17, 15) is 13.2 Å². The molecule has 1 aliphatic carbocycles. The van der Waals surface area contributed by atoms with Crippen LogP contribution in [0.3, 0.4) is 0 Å². The second-order valence-electron chi connectivity index (χ2n) is 6.07. The third kappa shape index (κ3) is 3.11. The van der Waals surface area contributed by atoms with Crippen molar-refractivity contribution >= 4 is 15.9 Å². The van der Waals surface area contributed by atoms with Crippen molar-refractivity contribution in [3.8, 4) is 0 Å². The van der Waals surface area contributed by atoms with Gasteiger partial charge in [-0.2, -0.15) is 0 Å². The van der Waals surface area contributed by atoms with E-state index in [0.717, 1.165) is 18.5 Å². The average Bonchev–Trinajstić information content (AvgIpc) is 3.07. The molecule has 1 aromatic carbocycles. The summed E-state index contributed by atoms with van der Waals surface area (Å²) in [4.78, 5) is 14.4. The smallest absolute Gasteiger partial charge is 0.238 e. The number of rotatable bonds is 4. The lowest BCUT2D eigenvalue weighted by Crippen LogP contribution is -2.37. The number of carbonyl (C=O) groups is 1. The van der Waals surface area contributed by atoms with E-state index in [1.807, 2.05) is 4.90 Å². The first-order valence-corrected chi connectivity index (χ1v) is 8.89. The SMILES string of the molecule is NS(=O)(=O)c1ccc(CCC(=O)N2CC3CCC2C3)cc1. The number of hydrogen-bond donors (Lipinski definition) is 1. The van der Waals surface area contributed by atoms with Crippen LogP contribution in [0.4, 0.5) is 0 Å². The van der Waals surface area contributed by atoms with Gasteiger partial charge in [-0.1, -0.05) is 12.1 Å². The number of hydrogen-bond acceptors (Lipinski definition) is 3. The summed E-state index contributed by atoms with van der Waals surface area (Å²) in [7, 11) is -3.64. The molecule has 1 heterocycles. The first-order chi connectivity index (χ1) is 9.93. The second-order valence-corrected chi connectivity index (χ2v) is 7.63. The van der Waals surface area contributed by atoms with Crippen LogP contribution in [0.1, 0.15) is 31.2 Å². The van der Waals surface area contributed by atoms with E-state index in [0.29, 0.717) is 24.8 Å². The van der Waals surface area contributed by atoms with Crippen LogP contribution in [0.2, 0.25) is 0 Å². The Morgan fingerprint density at radius 2 is 1.95 bits per heavy atom. The summed E-state index contributed by atoms with van der Waals surface area (Å²) in [5.41, 5.74) is 0.958. The first-order valence-electron chi connectivity index (χ1n) is 7.35. The minimum atomic E-state index is -3.64. The molecule has 114 valence electrons. The topological polar surface area (TPSA) is 80.5 Å². The van der Waals surface area contributed by atoms with Crippen LogP contribution in [-0.2, 0) is 21.2 Å². The number of nitrogens with two attached hydrogens (primary N) is 1. The van der Waals surface area contributed by atoms with E-state index < -0.39 is 10.0 Å². The molecule has 1 amide bonds. The third-order valence-electron chi connectivity index (χ3n) is 4.61. The van der Waals surface area contributed by atoms with E-state index in [4.69, 9.17) is 5.14 Å². The van der Waals surface area contributed by atoms with E-state index >= 15 is 0 Å². The van der Waals surface area contributed by atoms with Crippen molar-refractivity contribution in [3.63, 3.8) is 0 Å². The zero-order valence-corrected chi connectivity index (χ0v) is 12.7. The summed E-state index contributed by atoms with van der Waals surface area (Å²) in [6.07, 6.45) is 4.72. The summed E-state index contributed by atoms with van der Waals surface area (Å²) >= 11 is 0. The van der Waals surface area contributed by atoms with Crippen LogP contribution in [0, 0.1) is 5.92 Å². The van der Waals surface area contributed by atoms with Crippen LogP contribution in [0.15, 0.2) is 29.2 Å². The Balaban J connectivity index is 1.56. The zero-order chi connectivity index (χ0) is 15.0. The highest BCUT2D eigenvalue weighted by molar-refractivity contribution is 7.89. The second kappa shape index (κ2) is 5.42. The molecule has 0 spiro atoms. The van der Waals surface area contributed by atoms with Gasteiger partial charge in [0.25, 0.3) is 0 Å². The van der Waals surface area contributed by atoms with Gasteiger partial charge in [0.1, 0.15) is 0 Å². The van der Waals surface area contributed by atoms with Crippen LogP contribution < -0.4 is 5.14 Å². The van der Waals surface area contributed by atoms with Gasteiger partial charge in [-0.3, -0.25) is 4.79 Å². The lowest BCUT2D eigenvalue weighted by Gasteiger charge is -2.27. The molecule has 6 heteroatoms. The Hall–Kier alpha value is -1.40. The standard InChI is InChI=1S/C15H20N2O3S/c16-21(19,20)14-6-2-11(3-7-14)4-8-15(18)17-10-12-1-5-13(17)9-12/h2-3,6-7,12-13H,1,4-5,8-10H2,(H2,16,19,20). The van der Waals surface area contributed by atoms with E-state index in [-0.39, 0.29) is 10.8 Å². The van der Waals surface area contributed by atoms with Gasteiger partial charge in [-0.15, -0.1) is 0 Å². The summed E-state index contributed by atoms with van der Waals surface area (Å²) in [5, 5.41) is 5.06. The quantitative estimate of drug-likeness (QED) is 0.909. The summed E-state index contributed by atoms with van der Waals surface area (Å²) in [6, 6.07) is 6.90. The number of carbonyl (C=O) groups excluding carboxylic acids is 1. The molecule has 1 aromatic rings. The minimum absolute atomic E-state index is 0.106. The number of nitrogens with zero attached hydrogens (tertiary/aromatic N) is 1. The summed E-state index contributed by atoms with van der Waals surface area (Å²) < 4.78 is 22.3. The molecule has 2 aliphatic rings. The molecule has 5 nitrogen and oxygen atoms in total. The van der Waals surface area contributed by atoms with Crippen LogP contribution in [-0.4, -0.2) is 31.8 Å².